The summed E-state index contributed by atoms with van der Waals surface area (Å²) in [6.45, 7) is 6.70. The molecule has 2 amide bonds. The normalized spacial score (nSPS) is 16.0. The molecule has 1 aliphatic rings. The van der Waals surface area contributed by atoms with Crippen molar-refractivity contribution in [1.29, 1.82) is 0 Å². The van der Waals surface area contributed by atoms with E-state index in [9.17, 15) is 26.8 Å². The van der Waals surface area contributed by atoms with E-state index < -0.39 is 20.5 Å². The number of sulfone groups is 1. The van der Waals surface area contributed by atoms with E-state index in [0.29, 0.717) is 44.7 Å². The second kappa shape index (κ2) is 10.1. The van der Waals surface area contributed by atoms with Crippen LogP contribution in [0.1, 0.15) is 26.7 Å². The van der Waals surface area contributed by atoms with E-state index >= 15 is 0 Å². The molecule has 0 aromatic heterocycles. The van der Waals surface area contributed by atoms with Crippen molar-refractivity contribution in [3.63, 3.8) is 0 Å². The highest BCUT2D eigenvalue weighted by Crippen LogP contribution is 2.21. The number of likely N-dealkylation sites (tertiary alicyclic amines) is 1. The Labute approximate surface area is 170 Å². The Bertz CT molecular complexity index is 803. The maximum Gasteiger partial charge on any atom is 0.341 e. The summed E-state index contributed by atoms with van der Waals surface area (Å²) in [5.41, 5.74) is 0.329. The lowest BCUT2D eigenvalue weighted by molar-refractivity contribution is -0.136. The van der Waals surface area contributed by atoms with E-state index in [2.05, 4.69) is 5.32 Å². The minimum atomic E-state index is -4.65. The number of carbonyl (C=O) groups excluding carboxylic acids is 2. The van der Waals surface area contributed by atoms with Gasteiger partial charge in [0.2, 0.25) is 21.7 Å². The predicted molar refractivity (Wildman–Crippen MR) is 105 cm³/mol. The van der Waals surface area contributed by atoms with Gasteiger partial charge in [-0.3, -0.25) is 14.5 Å². The Hall–Kier alpha value is -2.07. The predicted octanol–water partition coefficient (Wildman–Crippen LogP) is 2.20. The zero-order valence-corrected chi connectivity index (χ0v) is 17.4. The number of rotatable bonds is 8. The maximum absolute atomic E-state index is 12.5. The van der Waals surface area contributed by atoms with E-state index in [1.807, 2.05) is 23.6 Å². The van der Waals surface area contributed by atoms with Gasteiger partial charge in [-0.1, -0.05) is 0 Å². The molecule has 10 heteroatoms. The fourth-order valence-electron chi connectivity index (χ4n) is 3.37. The van der Waals surface area contributed by atoms with E-state index in [0.717, 1.165) is 12.1 Å². The molecule has 0 saturated carbocycles. The summed E-state index contributed by atoms with van der Waals surface area (Å²) < 4.78 is 47.9. The van der Waals surface area contributed by atoms with Crippen LogP contribution in [0.5, 0.6) is 0 Å². The Morgan fingerprint density at radius 2 is 1.69 bits per heavy atom. The standard InChI is InChI=1S/C19H27F2N3O4S/c1-3-24(4-2)18(26)14-9-11-23(12-10-14)13-17(25)22-15-5-7-16(8-6-15)29(27,28)19(20)21/h5-8,14,19H,3-4,9-13H2,1-2H3,(H,22,25). The molecule has 1 heterocycles. The largest absolute Gasteiger partial charge is 0.343 e. The van der Waals surface area contributed by atoms with Crippen molar-refractivity contribution in [3.05, 3.63) is 24.3 Å². The van der Waals surface area contributed by atoms with Crippen LogP contribution in [0.25, 0.3) is 0 Å². The molecule has 0 bridgehead atoms. The molecule has 1 aromatic rings. The summed E-state index contributed by atoms with van der Waals surface area (Å²) in [6, 6.07) is 4.65. The molecule has 2 rings (SSSR count). The number of hydrogen-bond acceptors (Lipinski definition) is 5. The van der Waals surface area contributed by atoms with Gasteiger partial charge in [0.25, 0.3) is 0 Å². The first kappa shape index (κ1) is 23.2. The van der Waals surface area contributed by atoms with Crippen molar-refractivity contribution in [1.82, 2.24) is 9.80 Å². The molecule has 0 radical (unpaired) electrons. The van der Waals surface area contributed by atoms with Crippen molar-refractivity contribution in [3.8, 4) is 0 Å². The topological polar surface area (TPSA) is 86.8 Å². The highest BCUT2D eigenvalue weighted by molar-refractivity contribution is 7.91. The van der Waals surface area contributed by atoms with Gasteiger partial charge in [-0.25, -0.2) is 8.42 Å². The Morgan fingerprint density at radius 1 is 1.14 bits per heavy atom. The highest BCUT2D eigenvalue weighted by atomic mass is 32.2. The minimum Gasteiger partial charge on any atom is -0.343 e. The number of nitrogens with one attached hydrogen (secondary N) is 1. The summed E-state index contributed by atoms with van der Waals surface area (Å²) in [4.78, 5) is 27.9. The van der Waals surface area contributed by atoms with E-state index in [4.69, 9.17) is 0 Å². The van der Waals surface area contributed by atoms with Crippen LogP contribution in [-0.4, -0.2) is 68.5 Å². The number of alkyl halides is 2. The van der Waals surface area contributed by atoms with Crippen LogP contribution < -0.4 is 5.32 Å². The Morgan fingerprint density at radius 3 is 2.17 bits per heavy atom. The fraction of sp³-hybridized carbons (Fsp3) is 0.579. The summed E-state index contributed by atoms with van der Waals surface area (Å²) in [5.74, 6) is -3.63. The average molecular weight is 432 g/mol. The summed E-state index contributed by atoms with van der Waals surface area (Å²) in [5, 5.41) is 2.63. The molecular weight excluding hydrogens is 404 g/mol. The number of anilines is 1. The third-order valence-electron chi connectivity index (χ3n) is 5.08. The van der Waals surface area contributed by atoms with Crippen molar-refractivity contribution < 1.29 is 26.8 Å². The number of carbonyl (C=O) groups is 2. The quantitative estimate of drug-likeness (QED) is 0.682. The molecule has 1 aromatic carbocycles. The van der Waals surface area contributed by atoms with E-state index in [1.165, 1.54) is 12.1 Å². The first-order valence-corrected chi connectivity index (χ1v) is 11.2. The van der Waals surface area contributed by atoms with Gasteiger partial charge < -0.3 is 10.2 Å². The van der Waals surface area contributed by atoms with Crippen molar-refractivity contribution in [2.75, 3.05) is 38.0 Å². The number of piperidine rings is 1. The molecule has 1 fully saturated rings. The average Bonchev–Trinajstić information content (AvgIpc) is 2.69. The lowest BCUT2D eigenvalue weighted by Gasteiger charge is -2.33. The summed E-state index contributed by atoms with van der Waals surface area (Å²) in [6.07, 6.45) is 1.39. The number of hydrogen-bond donors (Lipinski definition) is 1. The van der Waals surface area contributed by atoms with Crippen molar-refractivity contribution in [2.24, 2.45) is 5.92 Å². The van der Waals surface area contributed by atoms with Crippen LogP contribution in [0.2, 0.25) is 0 Å². The van der Waals surface area contributed by atoms with Crippen LogP contribution >= 0.6 is 0 Å². The van der Waals surface area contributed by atoms with Gasteiger partial charge in [0.05, 0.1) is 11.4 Å². The minimum absolute atomic E-state index is 0.0152. The number of amides is 2. The second-order valence-electron chi connectivity index (χ2n) is 6.94. The van der Waals surface area contributed by atoms with Crippen LogP contribution in [0.4, 0.5) is 14.5 Å². The van der Waals surface area contributed by atoms with Crippen molar-refractivity contribution in [2.45, 2.75) is 37.3 Å². The van der Waals surface area contributed by atoms with Gasteiger partial charge in [0, 0.05) is 24.7 Å². The molecule has 0 unspecified atom stereocenters. The summed E-state index contributed by atoms with van der Waals surface area (Å²) >= 11 is 0. The van der Waals surface area contributed by atoms with Gasteiger partial charge in [0.15, 0.2) is 0 Å². The maximum atomic E-state index is 12.5. The molecule has 0 aliphatic carbocycles. The lowest BCUT2D eigenvalue weighted by Crippen LogP contribution is -2.44. The third-order valence-corrected chi connectivity index (χ3v) is 6.48. The number of halogens is 2. The zero-order chi connectivity index (χ0) is 21.6. The molecule has 29 heavy (non-hydrogen) atoms. The fourth-order valence-corrected chi connectivity index (χ4v) is 4.09. The smallest absolute Gasteiger partial charge is 0.341 e. The Balaban J connectivity index is 1.84. The number of nitrogens with zero attached hydrogens (tertiary/aromatic N) is 2. The summed E-state index contributed by atoms with van der Waals surface area (Å²) in [7, 11) is -4.65. The first-order chi connectivity index (χ1) is 13.7. The second-order valence-corrected chi connectivity index (χ2v) is 8.86. The van der Waals surface area contributed by atoms with Gasteiger partial charge in [0.1, 0.15) is 0 Å². The van der Waals surface area contributed by atoms with Crippen LogP contribution in [0.15, 0.2) is 29.2 Å². The van der Waals surface area contributed by atoms with Crippen LogP contribution in [0, 0.1) is 5.92 Å². The molecule has 0 spiro atoms. The SMILES string of the molecule is CCN(CC)C(=O)C1CCN(CC(=O)Nc2ccc(S(=O)(=O)C(F)F)cc2)CC1. The van der Waals surface area contributed by atoms with Crippen LogP contribution in [-0.2, 0) is 19.4 Å². The number of benzene rings is 1. The van der Waals surface area contributed by atoms with Crippen LogP contribution in [0.3, 0.4) is 0 Å². The van der Waals surface area contributed by atoms with Gasteiger partial charge in [-0.05, 0) is 64.0 Å². The first-order valence-electron chi connectivity index (χ1n) is 9.62. The van der Waals surface area contributed by atoms with Gasteiger partial charge in [-0.2, -0.15) is 8.78 Å². The monoisotopic (exact) mass is 431 g/mol. The molecular formula is C19H27F2N3O4S. The molecule has 0 atom stereocenters. The van der Waals surface area contributed by atoms with Gasteiger partial charge >= 0.3 is 5.76 Å². The van der Waals surface area contributed by atoms with Gasteiger partial charge in [-0.15, -0.1) is 0 Å². The lowest BCUT2D eigenvalue weighted by atomic mass is 9.95. The Kier molecular flexibility index (Phi) is 8.09. The van der Waals surface area contributed by atoms with E-state index in [1.54, 1.807) is 0 Å². The highest BCUT2D eigenvalue weighted by Gasteiger charge is 2.28. The molecule has 1 saturated heterocycles. The molecule has 7 nitrogen and oxygen atoms in total. The molecule has 162 valence electrons. The zero-order valence-electron chi connectivity index (χ0n) is 16.6. The van der Waals surface area contributed by atoms with Crippen molar-refractivity contribution >= 4 is 27.3 Å². The third kappa shape index (κ3) is 5.96. The molecule has 1 aliphatic heterocycles. The van der Waals surface area contributed by atoms with E-state index in [-0.39, 0.29) is 24.3 Å². The molecule has 1 N–H and O–H groups in total.